The van der Waals surface area contributed by atoms with Crippen molar-refractivity contribution in [2.24, 2.45) is 5.73 Å². The summed E-state index contributed by atoms with van der Waals surface area (Å²) in [6.45, 7) is 0.0475. The van der Waals surface area contributed by atoms with Gasteiger partial charge in [-0.15, -0.1) is 0 Å². The van der Waals surface area contributed by atoms with Crippen LogP contribution in [-0.4, -0.2) is 126 Å². The van der Waals surface area contributed by atoms with Gasteiger partial charge in [-0.05, 0) is 104 Å². The Bertz CT molecular complexity index is 3470. The molecule has 0 radical (unpaired) electrons. The van der Waals surface area contributed by atoms with Crippen molar-refractivity contribution in [1.82, 2.24) is 41.0 Å². The van der Waals surface area contributed by atoms with Crippen LogP contribution in [0, 0.1) is 11.8 Å². The number of amides is 9. The molecule has 0 bridgehead atoms. The number of nitrogens with one attached hydrogen (secondary N) is 5. The number of primary amides is 1. The van der Waals surface area contributed by atoms with Crippen LogP contribution in [0.5, 0.6) is 0 Å². The average Bonchev–Trinajstić information content (AvgIpc) is 2.91. The quantitative estimate of drug-likeness (QED) is 0.0252. The first-order valence-corrected chi connectivity index (χ1v) is 29.0. The number of piperidine rings is 1. The van der Waals surface area contributed by atoms with Crippen LogP contribution in [-0.2, 0) is 44.7 Å². The topological polar surface area (TPSA) is 311 Å². The molecular weight excluding hydrogens is 1100 g/mol. The van der Waals surface area contributed by atoms with Crippen molar-refractivity contribution in [2.45, 2.75) is 126 Å². The zero-order valence-electron chi connectivity index (χ0n) is 45.0. The number of carbonyl (C=O) groups is 9. The van der Waals surface area contributed by atoms with E-state index >= 15 is 4.79 Å². The van der Waals surface area contributed by atoms with E-state index in [1.807, 2.05) is 0 Å². The normalized spacial score (nSPS) is 19.7. The Morgan fingerprint density at radius 2 is 1.57 bits per heavy atom. The molecular formula is C59H62F2N9O12P. The molecule has 4 aliphatic rings. The first kappa shape index (κ1) is 59.1. The van der Waals surface area contributed by atoms with Gasteiger partial charge in [0.15, 0.2) is 0 Å². The first-order valence-electron chi connectivity index (χ1n) is 27.4. The minimum absolute atomic E-state index is 0.0521. The van der Waals surface area contributed by atoms with Crippen molar-refractivity contribution in [2.75, 3.05) is 13.1 Å². The fraction of sp³-hybridized carbons (Fsp3) is 0.373. The van der Waals surface area contributed by atoms with Gasteiger partial charge in [-0.3, -0.25) is 53.0 Å². The molecule has 0 spiro atoms. The number of halogens is 2. The molecule has 5 aromatic rings. The van der Waals surface area contributed by atoms with E-state index in [0.29, 0.717) is 70.8 Å². The van der Waals surface area contributed by atoms with Gasteiger partial charge in [-0.25, -0.2) is 8.78 Å². The summed E-state index contributed by atoms with van der Waals surface area (Å²) < 4.78 is 39.2. The molecule has 5 heterocycles. The van der Waals surface area contributed by atoms with E-state index in [9.17, 15) is 61.5 Å². The molecule has 83 heavy (non-hydrogen) atoms. The molecule has 9 N–H and O–H groups in total. The summed E-state index contributed by atoms with van der Waals surface area (Å²) in [5.74, 6) is 1.16. The highest BCUT2D eigenvalue weighted by Crippen LogP contribution is 2.35. The van der Waals surface area contributed by atoms with Gasteiger partial charge in [0.25, 0.3) is 18.2 Å². The van der Waals surface area contributed by atoms with Crippen molar-refractivity contribution >= 4 is 77.0 Å². The monoisotopic (exact) mass is 1160 g/mol. The molecule has 1 aromatic heterocycles. The lowest BCUT2D eigenvalue weighted by molar-refractivity contribution is -0.145. The number of hydrogen-bond donors (Lipinski definition) is 8. The molecule has 0 aliphatic carbocycles. The number of nitrogens with two attached hydrogens (primary N) is 1. The lowest BCUT2D eigenvalue weighted by Crippen LogP contribution is -2.62. The number of unbranched alkanes of at least 4 members (excludes halogenated alkanes) is 3. The van der Waals surface area contributed by atoms with Gasteiger partial charge in [0, 0.05) is 79.0 Å². The number of alkyl halides is 2. The van der Waals surface area contributed by atoms with Crippen LogP contribution in [0.1, 0.15) is 138 Å². The van der Waals surface area contributed by atoms with E-state index in [-0.39, 0.29) is 98.9 Å². The molecule has 21 nitrogen and oxygen atoms in total. The second-order valence-corrected chi connectivity index (χ2v) is 22.7. The third-order valence-electron chi connectivity index (χ3n) is 15.6. The van der Waals surface area contributed by atoms with Gasteiger partial charge in [-0.1, -0.05) is 72.9 Å². The number of benzene rings is 4. The summed E-state index contributed by atoms with van der Waals surface area (Å²) in [5, 5.41) is 10.8. The largest absolute Gasteiger partial charge is 0.370 e. The Kier molecular flexibility index (Phi) is 18.3. The molecule has 6 atom stereocenters. The van der Waals surface area contributed by atoms with Crippen LogP contribution in [0.2, 0.25) is 0 Å². The number of nitrogens with zero attached hydrogens (tertiary/aromatic N) is 3. The number of fused-ring (bicyclic) bond motifs is 3. The number of imide groups is 1. The zero-order valence-corrected chi connectivity index (χ0v) is 45.9. The number of rotatable bonds is 19. The van der Waals surface area contributed by atoms with Gasteiger partial charge in [0.1, 0.15) is 29.9 Å². The molecule has 0 saturated carbocycles. The predicted molar refractivity (Wildman–Crippen MR) is 297 cm³/mol. The highest BCUT2D eigenvalue weighted by Gasteiger charge is 2.46. The Labute approximate surface area is 475 Å². The van der Waals surface area contributed by atoms with Gasteiger partial charge in [0.05, 0.1) is 11.3 Å². The average molecular weight is 1160 g/mol. The summed E-state index contributed by atoms with van der Waals surface area (Å²) in [6, 6.07) is 18.3. The Morgan fingerprint density at radius 1 is 0.819 bits per heavy atom. The molecule has 434 valence electrons. The van der Waals surface area contributed by atoms with Gasteiger partial charge in [-0.2, -0.15) is 0 Å². The number of aromatic nitrogens is 1. The zero-order chi connectivity index (χ0) is 59.1. The Morgan fingerprint density at radius 3 is 2.29 bits per heavy atom. The molecule has 9 amide bonds. The van der Waals surface area contributed by atoms with E-state index < -0.39 is 85.7 Å². The van der Waals surface area contributed by atoms with Crippen LogP contribution < -0.4 is 32.3 Å². The highest BCUT2D eigenvalue weighted by atomic mass is 31.2. The molecule has 24 heteroatoms. The van der Waals surface area contributed by atoms with Crippen LogP contribution in [0.4, 0.5) is 8.78 Å². The van der Waals surface area contributed by atoms with Crippen LogP contribution in [0.3, 0.4) is 0 Å². The SMILES string of the molecule is NC(=O)CCC(NC(=O)C1CCC2CCN(C(=O)CCCCCC#Cc3cccc4c3CN(C3CCC(=O)NC3=O)C4=O)CC(NC(=O)c3cc4cc(C(F)F)ccc4[nH]3)C(=O)N21)C(=O)NC(c1ccccc1)c1ccc(P(=O)(O)O)cc1. The first-order chi connectivity index (χ1) is 39.7. The number of H-pyrrole nitrogens is 1. The molecule has 4 aromatic carbocycles. The summed E-state index contributed by atoms with van der Waals surface area (Å²) >= 11 is 0. The molecule has 9 rings (SSSR count). The second-order valence-electron chi connectivity index (χ2n) is 21.1. The van der Waals surface area contributed by atoms with Gasteiger partial charge >= 0.3 is 7.60 Å². The second kappa shape index (κ2) is 25.7. The third kappa shape index (κ3) is 13.9. The molecule has 6 unspecified atom stereocenters. The van der Waals surface area contributed by atoms with Crippen LogP contribution >= 0.6 is 7.60 Å². The van der Waals surface area contributed by atoms with Crippen molar-refractivity contribution in [3.63, 3.8) is 0 Å². The predicted octanol–water partition coefficient (Wildman–Crippen LogP) is 4.02. The molecule has 3 saturated heterocycles. The van der Waals surface area contributed by atoms with E-state index in [1.54, 1.807) is 48.5 Å². The standard InChI is InChI=1S/C59H62F2N9O12P/c60-53(61)37-18-22-43-38(30-37)31-45(63-43)55(75)65-46-33-68(51(73)15-8-3-1-2-5-10-34-13-9-14-41-42(34)32-69(58(41)78)47-25-27-50(72)66-56(47)76)29-28-39-19-24-48(70(39)59(46)79)57(77)64-44(23-26-49(62)71)54(74)67-52(35-11-6-4-7-12-35)36-16-20-40(21-17-36)83(80,81)82/h4,6-7,9,11-14,16-18,20-22,30-31,39,44,46-48,52-53,63H,1-3,8,15,19,23-29,32-33H2,(H2,62,71)(H,64,77)(H,65,75)(H,67,74)(H,66,72,76)(H2,80,81,82). The molecule has 3 fully saturated rings. The van der Waals surface area contributed by atoms with Gasteiger partial charge in [0.2, 0.25) is 41.4 Å². The van der Waals surface area contributed by atoms with E-state index in [2.05, 4.69) is 38.1 Å². The smallest absolute Gasteiger partial charge is 0.356 e. The number of aromatic amines is 1. The maximum absolute atomic E-state index is 15.0. The summed E-state index contributed by atoms with van der Waals surface area (Å²) in [6.07, 6.45) is 0.0195. The lowest BCUT2D eigenvalue weighted by atomic mass is 9.98. The van der Waals surface area contributed by atoms with E-state index in [1.165, 1.54) is 63.2 Å². The van der Waals surface area contributed by atoms with Crippen LogP contribution in [0.15, 0.2) is 97.1 Å². The maximum atomic E-state index is 15.0. The van der Waals surface area contributed by atoms with E-state index in [4.69, 9.17) is 5.73 Å². The van der Waals surface area contributed by atoms with Crippen molar-refractivity contribution in [3.8, 4) is 11.8 Å². The summed E-state index contributed by atoms with van der Waals surface area (Å²) in [4.78, 5) is 148. The summed E-state index contributed by atoms with van der Waals surface area (Å²) in [5.41, 5.74) is 8.43. The third-order valence-corrected chi connectivity index (χ3v) is 16.6. The Balaban J connectivity index is 0.877. The lowest BCUT2D eigenvalue weighted by Gasteiger charge is -2.39. The van der Waals surface area contributed by atoms with Crippen molar-refractivity contribution in [3.05, 3.63) is 136 Å². The number of hydrogen-bond acceptors (Lipinski definition) is 10. The minimum atomic E-state index is -4.60. The maximum Gasteiger partial charge on any atom is 0.356 e. The fourth-order valence-corrected chi connectivity index (χ4v) is 11.8. The van der Waals surface area contributed by atoms with Crippen molar-refractivity contribution < 1.29 is 66.3 Å². The fourth-order valence-electron chi connectivity index (χ4n) is 11.2. The molecule has 4 aliphatic heterocycles. The van der Waals surface area contributed by atoms with Gasteiger partial charge < -0.3 is 51.2 Å². The number of carbonyl (C=O) groups excluding carboxylic acids is 9. The summed E-state index contributed by atoms with van der Waals surface area (Å²) in [7, 11) is -4.60. The van der Waals surface area contributed by atoms with Crippen molar-refractivity contribution in [1.29, 1.82) is 0 Å². The highest BCUT2D eigenvalue weighted by molar-refractivity contribution is 7.60. The minimum Gasteiger partial charge on any atom is -0.370 e. The Hall–Kier alpha value is -8.58. The van der Waals surface area contributed by atoms with Crippen LogP contribution in [0.25, 0.3) is 10.9 Å². The van der Waals surface area contributed by atoms with E-state index in [0.717, 1.165) is 0 Å².